The number of carbonyl (C=O) groups is 1. The fourth-order valence-electron chi connectivity index (χ4n) is 1.81. The third kappa shape index (κ3) is 1.91. The van der Waals surface area contributed by atoms with E-state index in [2.05, 4.69) is 15.9 Å². The molecule has 2 unspecified atom stereocenters. The van der Waals surface area contributed by atoms with E-state index in [1.165, 1.54) is 6.07 Å². The summed E-state index contributed by atoms with van der Waals surface area (Å²) >= 11 is 3.09. The Balaban J connectivity index is 2.51. The first kappa shape index (κ1) is 10.6. The summed E-state index contributed by atoms with van der Waals surface area (Å²) in [5.74, 6) is -0.0239. The quantitative estimate of drug-likeness (QED) is 0.735. The minimum absolute atomic E-state index is 0.00920. The lowest BCUT2D eigenvalue weighted by molar-refractivity contribution is -0.110. The van der Waals surface area contributed by atoms with Crippen LogP contribution in [0.2, 0.25) is 0 Å². The topological polar surface area (TPSA) is 26.3 Å². The summed E-state index contributed by atoms with van der Waals surface area (Å²) in [6.45, 7) is 1.90. The predicted octanol–water partition coefficient (Wildman–Crippen LogP) is 3.04. The van der Waals surface area contributed by atoms with Gasteiger partial charge in [0.2, 0.25) is 0 Å². The molecule has 0 bridgehead atoms. The molecule has 0 aliphatic carbocycles. The van der Waals surface area contributed by atoms with Crippen LogP contribution < -0.4 is 4.74 Å². The number of rotatable bonds is 1. The Morgan fingerprint density at radius 2 is 2.33 bits per heavy atom. The zero-order chi connectivity index (χ0) is 11.0. The maximum absolute atomic E-state index is 13.3. The summed E-state index contributed by atoms with van der Waals surface area (Å²) in [4.78, 5) is 10.9. The average molecular weight is 273 g/mol. The van der Waals surface area contributed by atoms with Gasteiger partial charge in [-0.25, -0.2) is 4.39 Å². The third-order valence-electron chi connectivity index (χ3n) is 2.53. The third-order valence-corrected chi connectivity index (χ3v) is 3.14. The Hall–Kier alpha value is -0.900. The highest BCUT2D eigenvalue weighted by molar-refractivity contribution is 9.10. The van der Waals surface area contributed by atoms with Gasteiger partial charge in [0, 0.05) is 11.5 Å². The molecular weight excluding hydrogens is 263 g/mol. The summed E-state index contributed by atoms with van der Waals surface area (Å²) in [6.07, 6.45) is 1.45. The SMILES string of the molecule is CC1CC(C=O)c2cc(F)c(Br)cc2O1. The van der Waals surface area contributed by atoms with Crippen LogP contribution in [0.5, 0.6) is 5.75 Å². The maximum atomic E-state index is 13.3. The molecule has 2 nitrogen and oxygen atoms in total. The van der Waals surface area contributed by atoms with Crippen LogP contribution in [0, 0.1) is 5.82 Å². The number of hydrogen-bond donors (Lipinski definition) is 0. The number of carbonyl (C=O) groups excluding carboxylic acids is 1. The standard InChI is InChI=1S/C11H10BrFO2/c1-6-2-7(5-14)8-3-10(13)9(12)4-11(8)15-6/h3-7H,2H2,1H3. The van der Waals surface area contributed by atoms with Crippen molar-refractivity contribution in [2.24, 2.45) is 0 Å². The number of hydrogen-bond acceptors (Lipinski definition) is 2. The number of fused-ring (bicyclic) bond motifs is 1. The van der Waals surface area contributed by atoms with E-state index in [0.29, 0.717) is 22.2 Å². The van der Waals surface area contributed by atoms with Crippen molar-refractivity contribution in [3.8, 4) is 5.75 Å². The zero-order valence-electron chi connectivity index (χ0n) is 8.17. The highest BCUT2D eigenvalue weighted by Crippen LogP contribution is 2.37. The molecule has 0 N–H and O–H groups in total. The first-order valence-electron chi connectivity index (χ1n) is 4.72. The molecule has 0 spiro atoms. The molecule has 0 amide bonds. The Kier molecular flexibility index (Phi) is 2.78. The van der Waals surface area contributed by atoms with Crippen molar-refractivity contribution in [2.75, 3.05) is 0 Å². The molecule has 0 saturated carbocycles. The van der Waals surface area contributed by atoms with E-state index >= 15 is 0 Å². The van der Waals surface area contributed by atoms with Crippen LogP contribution in [0.25, 0.3) is 0 Å². The molecule has 2 atom stereocenters. The van der Waals surface area contributed by atoms with Crippen LogP contribution in [0.3, 0.4) is 0 Å². The summed E-state index contributed by atoms with van der Waals surface area (Å²) in [5, 5.41) is 0. The molecule has 4 heteroatoms. The summed E-state index contributed by atoms with van der Waals surface area (Å²) in [5.41, 5.74) is 0.642. The second-order valence-electron chi connectivity index (χ2n) is 3.71. The largest absolute Gasteiger partial charge is 0.490 e. The van der Waals surface area contributed by atoms with E-state index < -0.39 is 0 Å². The highest BCUT2D eigenvalue weighted by atomic mass is 79.9. The molecule has 15 heavy (non-hydrogen) atoms. The fourth-order valence-corrected chi connectivity index (χ4v) is 2.14. The van der Waals surface area contributed by atoms with Gasteiger partial charge in [-0.3, -0.25) is 0 Å². The molecule has 0 fully saturated rings. The summed E-state index contributed by atoms with van der Waals surface area (Å²) in [6, 6.07) is 2.95. The second-order valence-corrected chi connectivity index (χ2v) is 4.57. The molecule has 80 valence electrons. The highest BCUT2D eigenvalue weighted by Gasteiger charge is 2.26. The second kappa shape index (κ2) is 3.93. The Labute approximate surface area is 95.6 Å². The van der Waals surface area contributed by atoms with Crippen LogP contribution >= 0.6 is 15.9 Å². The normalized spacial score (nSPS) is 24.2. The van der Waals surface area contributed by atoms with Gasteiger partial charge in [-0.2, -0.15) is 0 Å². The van der Waals surface area contributed by atoms with Gasteiger partial charge in [-0.05, 0) is 41.4 Å². The molecule has 1 heterocycles. The fraction of sp³-hybridized carbons (Fsp3) is 0.364. The van der Waals surface area contributed by atoms with E-state index in [9.17, 15) is 9.18 Å². The molecule has 0 radical (unpaired) electrons. The monoisotopic (exact) mass is 272 g/mol. The van der Waals surface area contributed by atoms with Crippen LogP contribution in [-0.4, -0.2) is 12.4 Å². The molecule has 1 aromatic rings. The van der Waals surface area contributed by atoms with Crippen molar-refractivity contribution in [1.82, 2.24) is 0 Å². The van der Waals surface area contributed by atoms with Crippen LogP contribution in [0.4, 0.5) is 4.39 Å². The summed E-state index contributed by atoms with van der Waals surface area (Å²) < 4.78 is 19.2. The lowest BCUT2D eigenvalue weighted by Gasteiger charge is -2.27. The van der Waals surface area contributed by atoms with Crippen molar-refractivity contribution in [3.05, 3.63) is 28.0 Å². The van der Waals surface area contributed by atoms with Gasteiger partial charge in [0.15, 0.2) is 0 Å². The zero-order valence-corrected chi connectivity index (χ0v) is 9.75. The van der Waals surface area contributed by atoms with Crippen molar-refractivity contribution < 1.29 is 13.9 Å². The van der Waals surface area contributed by atoms with Gasteiger partial charge in [0.1, 0.15) is 17.9 Å². The van der Waals surface area contributed by atoms with Gasteiger partial charge in [0.25, 0.3) is 0 Å². The van der Waals surface area contributed by atoms with Crippen molar-refractivity contribution in [3.63, 3.8) is 0 Å². The lowest BCUT2D eigenvalue weighted by atomic mass is 9.91. The van der Waals surface area contributed by atoms with Gasteiger partial charge in [-0.15, -0.1) is 0 Å². The number of ether oxygens (including phenoxy) is 1. The van der Waals surface area contributed by atoms with Gasteiger partial charge in [0.05, 0.1) is 10.6 Å². The van der Waals surface area contributed by atoms with Crippen LogP contribution in [0.1, 0.15) is 24.8 Å². The van der Waals surface area contributed by atoms with Crippen molar-refractivity contribution in [2.45, 2.75) is 25.4 Å². The van der Waals surface area contributed by atoms with Crippen LogP contribution in [-0.2, 0) is 4.79 Å². The maximum Gasteiger partial charge on any atom is 0.137 e. The van der Waals surface area contributed by atoms with Gasteiger partial charge < -0.3 is 9.53 Å². The van der Waals surface area contributed by atoms with E-state index in [1.54, 1.807) is 6.07 Å². The first-order valence-corrected chi connectivity index (χ1v) is 5.52. The Bertz CT molecular complexity index is 406. The Morgan fingerprint density at radius 1 is 1.60 bits per heavy atom. The van der Waals surface area contributed by atoms with Crippen LogP contribution in [0.15, 0.2) is 16.6 Å². The van der Waals surface area contributed by atoms with Gasteiger partial charge >= 0.3 is 0 Å². The first-order chi connectivity index (χ1) is 7.11. The van der Waals surface area contributed by atoms with E-state index in [-0.39, 0.29) is 17.8 Å². The Morgan fingerprint density at radius 3 is 3.00 bits per heavy atom. The molecule has 2 rings (SSSR count). The number of aldehydes is 1. The molecule has 1 aromatic carbocycles. The average Bonchev–Trinajstić information content (AvgIpc) is 2.19. The number of benzene rings is 1. The van der Waals surface area contributed by atoms with Crippen molar-refractivity contribution in [1.29, 1.82) is 0 Å². The number of halogens is 2. The smallest absolute Gasteiger partial charge is 0.137 e. The summed E-state index contributed by atoms with van der Waals surface area (Å²) in [7, 11) is 0. The predicted molar refractivity (Wildman–Crippen MR) is 57.6 cm³/mol. The minimum atomic E-state index is -0.362. The molecule has 0 saturated heterocycles. The molecule has 1 aliphatic rings. The van der Waals surface area contributed by atoms with Crippen molar-refractivity contribution >= 4 is 22.2 Å². The van der Waals surface area contributed by atoms with Gasteiger partial charge in [-0.1, -0.05) is 0 Å². The molecule has 0 aromatic heterocycles. The van der Waals surface area contributed by atoms with E-state index in [4.69, 9.17) is 4.74 Å². The van der Waals surface area contributed by atoms with E-state index in [0.717, 1.165) is 6.29 Å². The lowest BCUT2D eigenvalue weighted by Crippen LogP contribution is -2.23. The molecular formula is C11H10BrFO2. The van der Waals surface area contributed by atoms with E-state index in [1.807, 2.05) is 6.92 Å². The molecule has 1 aliphatic heterocycles. The minimum Gasteiger partial charge on any atom is -0.490 e.